The van der Waals surface area contributed by atoms with Gasteiger partial charge in [0.1, 0.15) is 91.5 Å². The van der Waals surface area contributed by atoms with Crippen LogP contribution in [0.15, 0.2) is 0 Å². The Hall–Kier alpha value is -1.33. The Morgan fingerprint density at radius 1 is 0.585 bits per heavy atom. The number of aliphatic hydroxyl groups is 11. The number of ether oxygens (including phenoxy) is 8. The van der Waals surface area contributed by atoms with Crippen LogP contribution in [-0.2, 0) is 42.7 Å². The predicted octanol–water partition coefficient (Wildman–Crippen LogP) is -7.42. The van der Waals surface area contributed by atoms with Gasteiger partial charge >= 0.3 is 0 Å². The molecule has 1 amide bonds. The second-order valence-electron chi connectivity index (χ2n) is 13.6. The second-order valence-corrected chi connectivity index (χ2v) is 13.6. The minimum absolute atomic E-state index is 0.147. The van der Waals surface area contributed by atoms with Gasteiger partial charge in [-0.2, -0.15) is 0 Å². The van der Waals surface area contributed by atoms with Gasteiger partial charge in [-0.3, -0.25) is 4.79 Å². The highest BCUT2D eigenvalue weighted by Crippen LogP contribution is 2.36. The number of hydrogen-bond acceptors (Lipinski definition) is 21. The van der Waals surface area contributed by atoms with Crippen LogP contribution in [0.5, 0.6) is 0 Å². The van der Waals surface area contributed by atoms with Gasteiger partial charge < -0.3 is 105 Å². The average molecular weight is 777 g/mol. The molecule has 0 saturated carbocycles. The van der Waals surface area contributed by atoms with Gasteiger partial charge in [-0.05, 0) is 32.7 Å². The third-order valence-corrected chi connectivity index (χ3v) is 9.68. The minimum Gasteiger partial charge on any atom is -0.394 e. The van der Waals surface area contributed by atoms with Crippen molar-refractivity contribution in [3.63, 3.8) is 0 Å². The smallest absolute Gasteiger partial charge is 0.217 e. The molecule has 0 bridgehead atoms. The van der Waals surface area contributed by atoms with Crippen molar-refractivity contribution in [3.05, 3.63) is 0 Å². The van der Waals surface area contributed by atoms with Gasteiger partial charge in [-0.1, -0.05) is 0 Å². The first-order valence-corrected chi connectivity index (χ1v) is 17.6. The van der Waals surface area contributed by atoms with E-state index in [1.165, 1.54) is 13.8 Å². The third kappa shape index (κ3) is 10.4. The Labute approximate surface area is 304 Å². The monoisotopic (exact) mass is 776 g/mol. The lowest BCUT2D eigenvalue weighted by Crippen LogP contribution is -2.69. The quantitative estimate of drug-likeness (QED) is 0.0647. The maximum atomic E-state index is 12.2. The summed E-state index contributed by atoms with van der Waals surface area (Å²) in [5.41, 5.74) is 5.54. The highest BCUT2D eigenvalue weighted by atomic mass is 16.8. The molecule has 4 fully saturated rings. The Balaban J connectivity index is 1.68. The van der Waals surface area contributed by atoms with Crippen molar-refractivity contribution in [1.29, 1.82) is 0 Å². The molecule has 20 atom stereocenters. The summed E-state index contributed by atoms with van der Waals surface area (Å²) in [6, 6.07) is -1.28. The Kier molecular flexibility index (Phi) is 16.9. The van der Waals surface area contributed by atoms with Crippen molar-refractivity contribution in [2.75, 3.05) is 33.0 Å². The van der Waals surface area contributed by atoms with Gasteiger partial charge in [0.05, 0.1) is 25.9 Å². The van der Waals surface area contributed by atoms with E-state index in [1.54, 1.807) is 0 Å². The molecule has 0 radical (unpaired) electrons. The van der Waals surface area contributed by atoms with E-state index >= 15 is 0 Å². The molecule has 0 aromatic rings. The Morgan fingerprint density at radius 2 is 1.11 bits per heavy atom. The van der Waals surface area contributed by atoms with E-state index in [9.17, 15) is 61.0 Å². The fraction of sp³-hybridized carbons (Fsp3) is 0.968. The Bertz CT molecular complexity index is 1110. The summed E-state index contributed by atoms with van der Waals surface area (Å²) >= 11 is 0. The fourth-order valence-electron chi connectivity index (χ4n) is 6.61. The molecule has 0 aromatic heterocycles. The summed E-state index contributed by atoms with van der Waals surface area (Å²) in [7, 11) is 0. The number of nitrogens with two attached hydrogens (primary N) is 1. The molecule has 4 aliphatic heterocycles. The van der Waals surface area contributed by atoms with Gasteiger partial charge in [0, 0.05) is 13.5 Å². The van der Waals surface area contributed by atoms with Crippen LogP contribution < -0.4 is 11.1 Å². The molecule has 4 heterocycles. The lowest BCUT2D eigenvalue weighted by atomic mass is 9.94. The molecule has 0 spiro atoms. The second kappa shape index (κ2) is 20.2. The standard InChI is InChI=1S/C31H56N2O20/c1-11-17(38)21(42)23(44)29(47-11)53-27-26(52-30-24(45)22(43)18(39)13(8-34)48-30)19(40)14(9-35)49-31(27)51-25-15(10-36)50-28(46-7-5-3-4-6-32)16(20(25)41)33-12(2)37/h11,13-31,34-36,38-45H,3-10,32H2,1-2H3,(H,33,37)/t11?,13?,14?,15-,16?,17+,18-,19-,20?,21-,22-,23?,24?,25+,26-,27?,28+,29-,30+,31-/m0/s1. The van der Waals surface area contributed by atoms with Crippen LogP contribution in [0.3, 0.4) is 0 Å². The normalized spacial score (nSPS) is 46.6. The first-order valence-electron chi connectivity index (χ1n) is 17.6. The highest BCUT2D eigenvalue weighted by Gasteiger charge is 2.56. The van der Waals surface area contributed by atoms with E-state index in [0.29, 0.717) is 13.0 Å². The zero-order chi connectivity index (χ0) is 39.1. The summed E-state index contributed by atoms with van der Waals surface area (Å²) in [4.78, 5) is 12.2. The zero-order valence-corrected chi connectivity index (χ0v) is 29.4. The van der Waals surface area contributed by atoms with Crippen LogP contribution in [0.1, 0.15) is 33.1 Å². The number of unbranched alkanes of at least 4 members (excludes halogenated alkanes) is 2. The summed E-state index contributed by atoms with van der Waals surface area (Å²) in [6.07, 6.45) is -30.1. The summed E-state index contributed by atoms with van der Waals surface area (Å²) < 4.78 is 46.7. The number of carbonyl (C=O) groups is 1. The highest BCUT2D eigenvalue weighted by molar-refractivity contribution is 5.73. The molecule has 0 aliphatic carbocycles. The van der Waals surface area contributed by atoms with Crippen LogP contribution in [0, 0.1) is 0 Å². The number of carbonyl (C=O) groups excluding carboxylic acids is 1. The van der Waals surface area contributed by atoms with Gasteiger partial charge in [0.25, 0.3) is 0 Å². The van der Waals surface area contributed by atoms with Crippen LogP contribution in [0.25, 0.3) is 0 Å². The molecule has 310 valence electrons. The summed E-state index contributed by atoms with van der Waals surface area (Å²) in [6.45, 7) is 0.667. The van der Waals surface area contributed by atoms with Crippen molar-refractivity contribution in [2.24, 2.45) is 5.73 Å². The Morgan fingerprint density at radius 3 is 1.72 bits per heavy atom. The minimum atomic E-state index is -1.98. The van der Waals surface area contributed by atoms with E-state index in [4.69, 9.17) is 43.6 Å². The van der Waals surface area contributed by atoms with Crippen LogP contribution in [-0.4, -0.2) is 218 Å². The number of rotatable bonds is 16. The summed E-state index contributed by atoms with van der Waals surface area (Å²) in [5.74, 6) is -0.583. The van der Waals surface area contributed by atoms with Gasteiger partial charge in [-0.15, -0.1) is 0 Å². The first kappa shape index (κ1) is 44.4. The lowest BCUT2D eigenvalue weighted by Gasteiger charge is -2.50. The van der Waals surface area contributed by atoms with E-state index in [0.717, 1.165) is 12.8 Å². The molecule has 0 aromatic carbocycles. The molecule has 4 rings (SSSR count). The molecule has 8 unspecified atom stereocenters. The molecule has 53 heavy (non-hydrogen) atoms. The van der Waals surface area contributed by atoms with Gasteiger partial charge in [-0.25, -0.2) is 0 Å². The molecule has 14 N–H and O–H groups in total. The van der Waals surface area contributed by atoms with Crippen LogP contribution in [0.4, 0.5) is 0 Å². The zero-order valence-electron chi connectivity index (χ0n) is 29.4. The van der Waals surface area contributed by atoms with E-state index in [-0.39, 0.29) is 6.61 Å². The topological polar surface area (TPSA) is 351 Å². The fourth-order valence-corrected chi connectivity index (χ4v) is 6.61. The maximum Gasteiger partial charge on any atom is 0.217 e. The number of nitrogens with one attached hydrogen (secondary N) is 1. The first-order chi connectivity index (χ1) is 25.2. The SMILES string of the molecule is CC(=O)NC1C(O)[C@H](O[C@@H]2OC(CO)[C@H](O)[C@H](O[C@H]3OC(CO)[C@H](O)[C@H](O)C3O)C2O[C@@H]2OC(C)[C@@H](O)[C@H](O)C2O)[C@H](CO)O[C@H]1OCCCCCN. The van der Waals surface area contributed by atoms with E-state index < -0.39 is 148 Å². The van der Waals surface area contributed by atoms with Crippen molar-refractivity contribution in [2.45, 2.75) is 156 Å². The molecule has 22 heteroatoms. The van der Waals surface area contributed by atoms with Crippen molar-refractivity contribution in [3.8, 4) is 0 Å². The lowest BCUT2D eigenvalue weighted by molar-refractivity contribution is -0.402. The average Bonchev–Trinajstić information content (AvgIpc) is 3.13. The van der Waals surface area contributed by atoms with Crippen LogP contribution in [0.2, 0.25) is 0 Å². The number of hydrogen-bond donors (Lipinski definition) is 13. The van der Waals surface area contributed by atoms with Crippen molar-refractivity contribution < 1.29 is 98.9 Å². The molecule has 4 saturated heterocycles. The number of aliphatic hydroxyl groups excluding tert-OH is 11. The maximum absolute atomic E-state index is 12.2. The molecule has 4 aliphatic rings. The largest absolute Gasteiger partial charge is 0.394 e. The van der Waals surface area contributed by atoms with Crippen LogP contribution >= 0.6 is 0 Å². The third-order valence-electron chi connectivity index (χ3n) is 9.68. The van der Waals surface area contributed by atoms with Gasteiger partial charge in [0.2, 0.25) is 5.91 Å². The molecular weight excluding hydrogens is 720 g/mol. The van der Waals surface area contributed by atoms with Gasteiger partial charge in [0.15, 0.2) is 25.2 Å². The van der Waals surface area contributed by atoms with Crippen molar-refractivity contribution >= 4 is 5.91 Å². The summed E-state index contributed by atoms with van der Waals surface area (Å²) in [5, 5.41) is 119. The van der Waals surface area contributed by atoms with E-state index in [1.807, 2.05) is 0 Å². The number of amides is 1. The molecular formula is C31H56N2O20. The van der Waals surface area contributed by atoms with Crippen molar-refractivity contribution in [1.82, 2.24) is 5.32 Å². The molecule has 22 nitrogen and oxygen atoms in total. The van der Waals surface area contributed by atoms with E-state index in [2.05, 4.69) is 5.32 Å². The predicted molar refractivity (Wildman–Crippen MR) is 171 cm³/mol.